The van der Waals surface area contributed by atoms with E-state index in [1.165, 1.54) is 48.8 Å². The van der Waals surface area contributed by atoms with Crippen LogP contribution in [0, 0.1) is 11.8 Å². The standard InChI is InChI=1S/C23H32N4OS/c1-3-18(4-2)22(27-16-24-15-25-27)19-11-12-20-21(13-19)29-23(26-20)28-14-17-9-7-5-6-8-10-17/h11-13,15-18,22H,3-10,14H2,1-2H3. The zero-order valence-corrected chi connectivity index (χ0v) is 18.4. The summed E-state index contributed by atoms with van der Waals surface area (Å²) in [6, 6.07) is 6.80. The fraction of sp³-hybridized carbons (Fsp3) is 0.609. The molecule has 1 saturated carbocycles. The lowest BCUT2D eigenvalue weighted by Crippen LogP contribution is -2.20. The summed E-state index contributed by atoms with van der Waals surface area (Å²) in [6.07, 6.45) is 13.7. The Morgan fingerprint density at radius 3 is 2.62 bits per heavy atom. The Labute approximate surface area is 177 Å². The van der Waals surface area contributed by atoms with Gasteiger partial charge in [0.25, 0.3) is 5.19 Å². The van der Waals surface area contributed by atoms with Crippen molar-refractivity contribution in [3.63, 3.8) is 0 Å². The number of hydrogen-bond donors (Lipinski definition) is 0. The fourth-order valence-electron chi connectivity index (χ4n) is 4.62. The second-order valence-corrected chi connectivity index (χ2v) is 9.27. The van der Waals surface area contributed by atoms with Crippen LogP contribution in [-0.2, 0) is 0 Å². The molecule has 0 saturated heterocycles. The summed E-state index contributed by atoms with van der Waals surface area (Å²) in [5.41, 5.74) is 2.30. The molecule has 0 bridgehead atoms. The highest BCUT2D eigenvalue weighted by molar-refractivity contribution is 7.20. The number of hydrogen-bond acceptors (Lipinski definition) is 5. The molecule has 1 fully saturated rings. The lowest BCUT2D eigenvalue weighted by atomic mass is 9.89. The summed E-state index contributed by atoms with van der Waals surface area (Å²) < 4.78 is 9.32. The van der Waals surface area contributed by atoms with Crippen LogP contribution in [0.25, 0.3) is 10.2 Å². The molecular weight excluding hydrogens is 380 g/mol. The van der Waals surface area contributed by atoms with E-state index in [1.54, 1.807) is 17.7 Å². The molecule has 5 nitrogen and oxygen atoms in total. The van der Waals surface area contributed by atoms with E-state index >= 15 is 0 Å². The molecule has 0 radical (unpaired) electrons. The third-order valence-corrected chi connectivity index (χ3v) is 7.30. The number of rotatable bonds is 8. The van der Waals surface area contributed by atoms with E-state index in [2.05, 4.69) is 42.1 Å². The maximum Gasteiger partial charge on any atom is 0.274 e. The summed E-state index contributed by atoms with van der Waals surface area (Å²) in [4.78, 5) is 8.91. The molecule has 0 spiro atoms. The minimum atomic E-state index is 0.203. The van der Waals surface area contributed by atoms with E-state index in [0.29, 0.717) is 11.8 Å². The third kappa shape index (κ3) is 4.80. The quantitative estimate of drug-likeness (QED) is 0.410. The first kappa shape index (κ1) is 20.3. The molecule has 0 amide bonds. The Bertz CT molecular complexity index is 880. The van der Waals surface area contributed by atoms with Gasteiger partial charge in [0.2, 0.25) is 0 Å². The predicted molar refractivity (Wildman–Crippen MR) is 119 cm³/mol. The molecule has 0 N–H and O–H groups in total. The van der Waals surface area contributed by atoms with E-state index in [0.717, 1.165) is 30.2 Å². The topological polar surface area (TPSA) is 52.8 Å². The van der Waals surface area contributed by atoms with Gasteiger partial charge in [-0.25, -0.2) is 14.6 Å². The van der Waals surface area contributed by atoms with Crippen molar-refractivity contribution in [2.45, 2.75) is 71.3 Å². The monoisotopic (exact) mass is 412 g/mol. The maximum atomic E-state index is 6.13. The van der Waals surface area contributed by atoms with Crippen molar-refractivity contribution in [2.75, 3.05) is 6.61 Å². The van der Waals surface area contributed by atoms with Gasteiger partial charge in [-0.3, -0.25) is 0 Å². The second kappa shape index (κ2) is 9.70. The summed E-state index contributed by atoms with van der Waals surface area (Å²) in [5, 5.41) is 5.26. The molecule has 2 heterocycles. The van der Waals surface area contributed by atoms with Crippen molar-refractivity contribution >= 4 is 21.6 Å². The highest BCUT2D eigenvalue weighted by Gasteiger charge is 2.24. The molecule has 29 heavy (non-hydrogen) atoms. The van der Waals surface area contributed by atoms with Crippen molar-refractivity contribution in [1.82, 2.24) is 19.7 Å². The van der Waals surface area contributed by atoms with E-state index in [-0.39, 0.29) is 6.04 Å². The van der Waals surface area contributed by atoms with Gasteiger partial charge in [0.05, 0.1) is 22.9 Å². The van der Waals surface area contributed by atoms with E-state index in [9.17, 15) is 0 Å². The average Bonchev–Trinajstić information content (AvgIpc) is 3.34. The highest BCUT2D eigenvalue weighted by Crippen LogP contribution is 2.35. The zero-order valence-electron chi connectivity index (χ0n) is 17.6. The Hall–Kier alpha value is -1.95. The van der Waals surface area contributed by atoms with Gasteiger partial charge in [0.15, 0.2) is 0 Å². The molecule has 4 rings (SSSR count). The Morgan fingerprint density at radius 1 is 1.14 bits per heavy atom. The van der Waals surface area contributed by atoms with Gasteiger partial charge in [-0.05, 0) is 42.4 Å². The molecule has 6 heteroatoms. The maximum absolute atomic E-state index is 6.13. The summed E-state index contributed by atoms with van der Waals surface area (Å²) in [6.45, 7) is 5.31. The molecule has 1 aromatic carbocycles. The number of ether oxygens (including phenoxy) is 1. The van der Waals surface area contributed by atoms with Crippen molar-refractivity contribution in [3.05, 3.63) is 36.4 Å². The molecule has 1 atom stereocenters. The lowest BCUT2D eigenvalue weighted by molar-refractivity contribution is 0.233. The molecule has 3 aromatic rings. The minimum Gasteiger partial charge on any atom is -0.470 e. The molecule has 1 aliphatic carbocycles. The number of benzene rings is 1. The third-order valence-electron chi connectivity index (χ3n) is 6.37. The molecule has 2 aromatic heterocycles. The second-order valence-electron chi connectivity index (χ2n) is 8.27. The molecule has 1 aliphatic rings. The number of aromatic nitrogens is 4. The van der Waals surface area contributed by atoms with Crippen molar-refractivity contribution in [3.8, 4) is 5.19 Å². The molecule has 0 aliphatic heterocycles. The van der Waals surface area contributed by atoms with Crippen LogP contribution in [0.5, 0.6) is 5.19 Å². The minimum absolute atomic E-state index is 0.203. The normalized spacial score (nSPS) is 16.9. The van der Waals surface area contributed by atoms with Crippen molar-refractivity contribution < 1.29 is 4.74 Å². The van der Waals surface area contributed by atoms with E-state index < -0.39 is 0 Å². The van der Waals surface area contributed by atoms with Crippen LogP contribution < -0.4 is 4.74 Å². The number of fused-ring (bicyclic) bond motifs is 1. The first-order valence-electron chi connectivity index (χ1n) is 11.2. The number of thiazole rings is 1. The van der Waals surface area contributed by atoms with Gasteiger partial charge >= 0.3 is 0 Å². The summed E-state index contributed by atoms with van der Waals surface area (Å²) in [7, 11) is 0. The molecule has 1 unspecified atom stereocenters. The SMILES string of the molecule is CCC(CC)C(c1ccc2nc(OCC3CCCCCC3)sc2c1)n1cncn1. The highest BCUT2D eigenvalue weighted by atomic mass is 32.1. The van der Waals surface area contributed by atoms with Crippen molar-refractivity contribution in [2.24, 2.45) is 11.8 Å². The van der Waals surface area contributed by atoms with Crippen molar-refractivity contribution in [1.29, 1.82) is 0 Å². The van der Waals surface area contributed by atoms with Gasteiger partial charge in [-0.15, -0.1) is 0 Å². The van der Waals surface area contributed by atoms with Gasteiger partial charge in [0, 0.05) is 0 Å². The first-order valence-corrected chi connectivity index (χ1v) is 12.0. The summed E-state index contributed by atoms with van der Waals surface area (Å²) >= 11 is 1.67. The largest absolute Gasteiger partial charge is 0.470 e. The first-order chi connectivity index (χ1) is 14.3. The van der Waals surface area contributed by atoms with Crippen LogP contribution >= 0.6 is 11.3 Å². The average molecular weight is 413 g/mol. The van der Waals surface area contributed by atoms with Crippen LogP contribution in [0.4, 0.5) is 0 Å². The Morgan fingerprint density at radius 2 is 1.93 bits per heavy atom. The predicted octanol–water partition coefficient (Wildman–Crippen LogP) is 6.26. The van der Waals surface area contributed by atoms with Gasteiger partial charge in [0.1, 0.15) is 12.7 Å². The van der Waals surface area contributed by atoms with Gasteiger partial charge in [-0.1, -0.05) is 69.8 Å². The van der Waals surface area contributed by atoms with Crippen LogP contribution in [0.3, 0.4) is 0 Å². The smallest absolute Gasteiger partial charge is 0.274 e. The summed E-state index contributed by atoms with van der Waals surface area (Å²) in [5.74, 6) is 1.21. The Kier molecular flexibility index (Phi) is 6.80. The van der Waals surface area contributed by atoms with Crippen LogP contribution in [0.1, 0.15) is 76.8 Å². The van der Waals surface area contributed by atoms with Crippen LogP contribution in [0.2, 0.25) is 0 Å². The van der Waals surface area contributed by atoms with E-state index in [1.807, 2.05) is 11.0 Å². The van der Waals surface area contributed by atoms with Crippen LogP contribution in [-0.4, -0.2) is 26.4 Å². The van der Waals surface area contributed by atoms with Gasteiger partial charge in [-0.2, -0.15) is 5.10 Å². The van der Waals surface area contributed by atoms with Crippen LogP contribution in [0.15, 0.2) is 30.9 Å². The van der Waals surface area contributed by atoms with Gasteiger partial charge < -0.3 is 4.74 Å². The lowest BCUT2D eigenvalue weighted by Gasteiger charge is -2.25. The molecular formula is C23H32N4OS. The zero-order chi connectivity index (χ0) is 20.1. The Balaban J connectivity index is 1.53. The fourth-order valence-corrected chi connectivity index (χ4v) is 5.49. The molecule has 156 valence electrons. The van der Waals surface area contributed by atoms with E-state index in [4.69, 9.17) is 9.72 Å². The number of nitrogens with zero attached hydrogens (tertiary/aromatic N) is 4.